The van der Waals surface area contributed by atoms with Crippen LogP contribution in [0.3, 0.4) is 0 Å². The molecular formula is C51H67N5O15P2. The van der Waals surface area contributed by atoms with Gasteiger partial charge in [0, 0.05) is 93.6 Å². The molecule has 0 unspecified atom stereocenters. The van der Waals surface area contributed by atoms with Crippen LogP contribution >= 0.6 is 16.9 Å². The summed E-state index contributed by atoms with van der Waals surface area (Å²) in [5, 5.41) is 41.0. The van der Waals surface area contributed by atoms with Gasteiger partial charge in [0.25, 0.3) is 11.7 Å². The molecule has 0 saturated carbocycles. The molecule has 1 spiro atoms. The number of aliphatic hydroxyl groups excluding tert-OH is 1. The fraction of sp³-hybridized carbons (Fsp3) is 0.588. The summed E-state index contributed by atoms with van der Waals surface area (Å²) >= 11 is 0. The van der Waals surface area contributed by atoms with Gasteiger partial charge in [-0.05, 0) is 25.8 Å². The van der Waals surface area contributed by atoms with E-state index < -0.39 is 136 Å². The molecule has 396 valence electrons. The van der Waals surface area contributed by atoms with Crippen molar-refractivity contribution < 1.29 is 72.1 Å². The van der Waals surface area contributed by atoms with Crippen molar-refractivity contribution in [1.82, 2.24) is 10.2 Å². The molecule has 1 saturated heterocycles. The van der Waals surface area contributed by atoms with E-state index in [0.29, 0.717) is 31.8 Å². The fourth-order valence-electron chi connectivity index (χ4n) is 10.1. The van der Waals surface area contributed by atoms with Crippen molar-refractivity contribution in [2.45, 2.75) is 130 Å². The van der Waals surface area contributed by atoms with Crippen LogP contribution in [-0.4, -0.2) is 124 Å². The lowest BCUT2D eigenvalue weighted by atomic mass is 9.78. The second-order valence-electron chi connectivity index (χ2n) is 20.1. The fourth-order valence-corrected chi connectivity index (χ4v) is 10.8. The van der Waals surface area contributed by atoms with Gasteiger partial charge in [-0.1, -0.05) is 59.8 Å². The number of nitrogens with one attached hydrogen (secondary N) is 2. The summed E-state index contributed by atoms with van der Waals surface area (Å²) in [7, 11) is 0.389. The van der Waals surface area contributed by atoms with Gasteiger partial charge in [-0.3, -0.25) is 38.1 Å². The van der Waals surface area contributed by atoms with Crippen LogP contribution < -0.4 is 26.1 Å². The van der Waals surface area contributed by atoms with Crippen LogP contribution in [0.4, 0.5) is 5.69 Å². The van der Waals surface area contributed by atoms with E-state index >= 15 is 0 Å². The number of fused-ring (bicyclic) bond motifs is 1. The number of ether oxygens (including phenoxy) is 5. The molecular weight excluding hydrogens is 985 g/mol. The van der Waals surface area contributed by atoms with Crippen molar-refractivity contribution in [3.63, 3.8) is 0 Å². The molecule has 73 heavy (non-hydrogen) atoms. The molecule has 0 radical (unpaired) electrons. The maximum Gasteiger partial charge on any atom is 0.325 e. The molecule has 0 aromatic heterocycles. The number of ketones is 1. The van der Waals surface area contributed by atoms with Crippen molar-refractivity contribution in [3.05, 3.63) is 58.0 Å². The second kappa shape index (κ2) is 23.3. The highest BCUT2D eigenvalue weighted by atomic mass is 31.1. The number of carbonyl (C=O) groups is 5. The first-order chi connectivity index (χ1) is 34.4. The third-order valence-electron chi connectivity index (χ3n) is 14.2. The van der Waals surface area contributed by atoms with Gasteiger partial charge in [0.2, 0.25) is 5.91 Å². The van der Waals surface area contributed by atoms with Crippen molar-refractivity contribution >= 4 is 62.9 Å². The predicted octanol–water partition coefficient (Wildman–Crippen LogP) is 5.72. The Labute approximate surface area is 427 Å². The van der Waals surface area contributed by atoms with E-state index in [9.17, 15) is 48.4 Å². The quantitative estimate of drug-likeness (QED) is 0.102. The molecule has 5 N–H and O–H groups in total. The van der Waals surface area contributed by atoms with E-state index in [-0.39, 0.29) is 49.6 Å². The number of esters is 2. The second-order valence-corrected chi connectivity index (χ2v) is 22.2. The zero-order chi connectivity index (χ0) is 53.9. The summed E-state index contributed by atoms with van der Waals surface area (Å²) in [6, 6.07) is 0. The van der Waals surface area contributed by atoms with Crippen LogP contribution in [0.15, 0.2) is 46.1 Å². The molecule has 0 aliphatic carbocycles. The number of nitrogens with zero attached hydrogens (tertiary/aromatic N) is 3. The SMILES string of the molecule is CO[C@H]1/C=C/O[C@@]2(C)Oc3c(C)c(O)c4c(O)c(c5c(c4c3C2=O)NC2(CCN(CC(C)C)CC2)N=5)=NC(=O)/C(C)=C\C=C\[C@H](C)[C@H](OC(=O)CNC(=O)CC(P=O)P=O)[C@@H](C)[C@@H](O)[C@@H](C)[C@H](OC(C)=O)[C@@H]1C. The van der Waals surface area contributed by atoms with E-state index in [2.05, 4.69) is 34.4 Å². The van der Waals surface area contributed by atoms with Gasteiger partial charge in [0.15, 0.2) is 22.7 Å². The Kier molecular flexibility index (Phi) is 18.1. The normalized spacial score (nSPS) is 29.6. The number of hydrogen-bond donors (Lipinski definition) is 5. The predicted molar refractivity (Wildman–Crippen MR) is 268 cm³/mol. The number of hydrogen-bond acceptors (Lipinski definition) is 18. The molecule has 2 aromatic carbocycles. The summed E-state index contributed by atoms with van der Waals surface area (Å²) in [4.78, 5) is 79.5. The standard InChI is InChI=1S/C51H67N5O15P2/c1-24(2)23-56-18-16-51(17-19-56)54-39-36-37-43(61)30(8)47-38(36)48(63)50(10,71-47)68-20-15-32(67-11)27(5)46(69-31(9)57)29(7)42(60)28(6)45(70-34(59)22-52-33(58)21-35(72-65)73-66)25(3)13-12-14-26(4)49(64)53-41(44(37)62)40(39)55-51/h12-15,20,24-25,27-29,32,35,42,45-46,54,60-62H,16-19,21-23H2,1-11H3,(H,52,58)/b13-12+,20-15+,26-14-,53-41?/t25-,27+,28-,29+,32-,42+,45-,46+,50-/m0/s1. The highest BCUT2D eigenvalue weighted by Gasteiger charge is 2.51. The lowest BCUT2D eigenvalue weighted by molar-refractivity contribution is -0.165. The third-order valence-corrected chi connectivity index (χ3v) is 15.6. The van der Waals surface area contributed by atoms with Crippen molar-refractivity contribution in [2.24, 2.45) is 39.6 Å². The largest absolute Gasteiger partial charge is 0.507 e. The molecule has 2 amide bonds. The number of aliphatic hydroxyl groups is 1. The molecule has 9 atom stereocenters. The van der Waals surface area contributed by atoms with Gasteiger partial charge in [0.1, 0.15) is 52.0 Å². The number of Topliss-reactive ketones (excluding diaryl/α,β-unsaturated/α-hetero) is 1. The van der Waals surface area contributed by atoms with E-state index in [1.165, 1.54) is 53.2 Å². The summed E-state index contributed by atoms with van der Waals surface area (Å²) in [5.41, 5.74) is -0.427. The number of phenols is 2. The third kappa shape index (κ3) is 12.0. The highest BCUT2D eigenvalue weighted by molar-refractivity contribution is 7.44. The van der Waals surface area contributed by atoms with Crippen molar-refractivity contribution in [3.8, 4) is 17.2 Å². The molecule has 4 bridgehead atoms. The molecule has 4 heterocycles. The first-order valence-corrected chi connectivity index (χ1v) is 26.2. The Bertz CT molecular complexity index is 2750. The van der Waals surface area contributed by atoms with Crippen LogP contribution in [0, 0.1) is 36.5 Å². The molecule has 4 aliphatic heterocycles. The average Bonchev–Trinajstić information content (AvgIpc) is 3.85. The van der Waals surface area contributed by atoms with Gasteiger partial charge in [-0.15, -0.1) is 0 Å². The van der Waals surface area contributed by atoms with Gasteiger partial charge in [0.05, 0.1) is 41.5 Å². The molecule has 1 fully saturated rings. The number of benzene rings is 2. The van der Waals surface area contributed by atoms with Gasteiger partial charge in [-0.25, -0.2) is 4.99 Å². The number of piperidine rings is 1. The summed E-state index contributed by atoms with van der Waals surface area (Å²) in [6.07, 6.45) is 3.70. The number of phenolic OH excluding ortho intramolecular Hbond substituents is 2. The maximum atomic E-state index is 14.9. The number of rotatable bonds is 11. The number of carbonyl (C=O) groups excluding carboxylic acids is 5. The van der Waals surface area contributed by atoms with Gasteiger partial charge in [-0.2, -0.15) is 0 Å². The molecule has 6 rings (SSSR count). The highest BCUT2D eigenvalue weighted by Crippen LogP contribution is 2.51. The number of amides is 2. The Hall–Kier alpha value is -5.65. The lowest BCUT2D eigenvalue weighted by Gasteiger charge is -2.39. The summed E-state index contributed by atoms with van der Waals surface area (Å²) in [5.74, 6) is -9.39. The first-order valence-electron chi connectivity index (χ1n) is 24.4. The van der Waals surface area contributed by atoms with Crippen LogP contribution in [0.1, 0.15) is 97.5 Å². The molecule has 20 nitrogen and oxygen atoms in total. The van der Waals surface area contributed by atoms with E-state index in [4.69, 9.17) is 28.7 Å². The Morgan fingerprint density at radius 1 is 0.959 bits per heavy atom. The lowest BCUT2D eigenvalue weighted by Crippen LogP contribution is -2.48. The van der Waals surface area contributed by atoms with Crippen LogP contribution in [-0.2, 0) is 47.3 Å². The smallest absolute Gasteiger partial charge is 0.325 e. The van der Waals surface area contributed by atoms with Crippen LogP contribution in [0.25, 0.3) is 10.8 Å². The number of likely N-dealkylation sites (tertiary alicyclic amines) is 1. The van der Waals surface area contributed by atoms with Crippen LogP contribution in [0.2, 0.25) is 0 Å². The topological polar surface area (TPSA) is 278 Å². The summed E-state index contributed by atoms with van der Waals surface area (Å²) in [6.45, 7) is 18.3. The Morgan fingerprint density at radius 2 is 1.62 bits per heavy atom. The average molecular weight is 1050 g/mol. The minimum atomic E-state index is -2.03. The minimum Gasteiger partial charge on any atom is -0.507 e. The maximum absolute atomic E-state index is 14.9. The Morgan fingerprint density at radius 3 is 2.23 bits per heavy atom. The monoisotopic (exact) mass is 1050 g/mol. The van der Waals surface area contributed by atoms with Gasteiger partial charge >= 0.3 is 17.7 Å². The molecule has 4 aliphatic rings. The minimum absolute atomic E-state index is 0.00823. The summed E-state index contributed by atoms with van der Waals surface area (Å²) < 4.78 is 52.6. The Balaban J connectivity index is 1.50. The van der Waals surface area contributed by atoms with Crippen molar-refractivity contribution in [1.29, 1.82) is 0 Å². The molecule has 22 heteroatoms. The zero-order valence-electron chi connectivity index (χ0n) is 43.1. The molecule has 2 aromatic rings. The van der Waals surface area contributed by atoms with E-state index in [0.717, 1.165) is 6.54 Å². The number of allylic oxidation sites excluding steroid dienone is 2. The van der Waals surface area contributed by atoms with E-state index in [1.54, 1.807) is 39.8 Å². The number of methoxy groups -OCH3 is 1. The number of aromatic hydroxyl groups is 2. The van der Waals surface area contributed by atoms with E-state index in [1.807, 2.05) is 0 Å². The van der Waals surface area contributed by atoms with Gasteiger partial charge < -0.3 is 54.5 Å². The van der Waals surface area contributed by atoms with Crippen LogP contribution in [0.5, 0.6) is 17.2 Å². The first kappa shape index (κ1) is 56.6. The number of anilines is 1. The van der Waals surface area contributed by atoms with Crippen molar-refractivity contribution in [2.75, 3.05) is 38.6 Å². The zero-order valence-corrected chi connectivity index (χ0v) is 44.9.